The van der Waals surface area contributed by atoms with Crippen LogP contribution < -0.4 is 10.7 Å². The minimum absolute atomic E-state index is 0.0804. The molecule has 3 heterocycles. The molecule has 1 aromatic carbocycles. The van der Waals surface area contributed by atoms with E-state index in [4.69, 9.17) is 16.0 Å². The highest BCUT2D eigenvalue weighted by Gasteiger charge is 2.26. The van der Waals surface area contributed by atoms with Gasteiger partial charge in [-0.2, -0.15) is 5.10 Å². The predicted molar refractivity (Wildman–Crippen MR) is 119 cm³/mol. The summed E-state index contributed by atoms with van der Waals surface area (Å²) in [6, 6.07) is 12.2. The molecule has 0 bridgehead atoms. The Kier molecular flexibility index (Phi) is 6.53. The normalized spacial score (nSPS) is 15.5. The number of hydrogen-bond acceptors (Lipinski definition) is 5. The van der Waals surface area contributed by atoms with Crippen LogP contribution in [0, 0.1) is 6.92 Å². The maximum absolute atomic E-state index is 12.9. The minimum Gasteiger partial charge on any atom is -0.468 e. The number of nitrogens with zero attached hydrogens (tertiary/aromatic N) is 3. The van der Waals surface area contributed by atoms with Crippen molar-refractivity contribution < 1.29 is 9.21 Å². The summed E-state index contributed by atoms with van der Waals surface area (Å²) >= 11 is 5.97. The fourth-order valence-electron chi connectivity index (χ4n) is 3.94. The van der Waals surface area contributed by atoms with Crippen molar-refractivity contribution in [2.75, 3.05) is 19.6 Å². The maximum Gasteiger partial charge on any atom is 0.275 e. The van der Waals surface area contributed by atoms with Crippen LogP contribution in [-0.2, 0) is 0 Å². The Morgan fingerprint density at radius 2 is 1.94 bits per heavy atom. The van der Waals surface area contributed by atoms with Gasteiger partial charge in [-0.1, -0.05) is 18.0 Å². The molecule has 0 saturated carbocycles. The number of halogens is 1. The Bertz CT molecular complexity index is 1090. The van der Waals surface area contributed by atoms with Crippen LogP contribution in [0.4, 0.5) is 0 Å². The van der Waals surface area contributed by atoms with Gasteiger partial charge >= 0.3 is 0 Å². The molecular formula is C23H25ClN4O3. The van der Waals surface area contributed by atoms with Gasteiger partial charge in [-0.05, 0) is 69.3 Å². The maximum atomic E-state index is 12.9. The van der Waals surface area contributed by atoms with Crippen LogP contribution in [-0.4, -0.2) is 40.2 Å². The molecule has 0 radical (unpaired) electrons. The van der Waals surface area contributed by atoms with Crippen LogP contribution in [0.1, 0.15) is 47.2 Å². The van der Waals surface area contributed by atoms with E-state index < -0.39 is 11.3 Å². The molecule has 1 amide bonds. The van der Waals surface area contributed by atoms with Crippen molar-refractivity contribution in [1.82, 2.24) is 20.0 Å². The van der Waals surface area contributed by atoms with Crippen LogP contribution in [0.5, 0.6) is 0 Å². The van der Waals surface area contributed by atoms with E-state index in [1.807, 2.05) is 12.1 Å². The molecule has 4 rings (SSSR count). The summed E-state index contributed by atoms with van der Waals surface area (Å²) in [5, 5.41) is 7.83. The molecule has 8 heteroatoms. The molecule has 1 atom stereocenters. The summed E-state index contributed by atoms with van der Waals surface area (Å²) in [6.07, 6.45) is 5.10. The van der Waals surface area contributed by atoms with Crippen LogP contribution in [0.15, 0.2) is 57.9 Å². The van der Waals surface area contributed by atoms with Crippen molar-refractivity contribution >= 4 is 17.5 Å². The first-order valence-corrected chi connectivity index (χ1v) is 10.8. The molecule has 1 N–H and O–H groups in total. The van der Waals surface area contributed by atoms with Crippen molar-refractivity contribution in [3.05, 3.63) is 81.1 Å². The van der Waals surface area contributed by atoms with Gasteiger partial charge in [0.1, 0.15) is 5.76 Å². The number of aryl methyl sites for hydroxylation is 1. The SMILES string of the molecule is Cc1cc(=O)c(C(=O)NC[C@H](c2ccco2)N2CCCCC2)nn1-c1ccc(Cl)cc1. The number of nitrogens with one attached hydrogen (secondary N) is 1. The number of aromatic nitrogens is 2. The number of furan rings is 1. The third kappa shape index (κ3) is 4.89. The molecule has 162 valence electrons. The molecule has 0 spiro atoms. The second kappa shape index (κ2) is 9.49. The number of piperidine rings is 1. The molecule has 31 heavy (non-hydrogen) atoms. The Morgan fingerprint density at radius 3 is 2.61 bits per heavy atom. The lowest BCUT2D eigenvalue weighted by Crippen LogP contribution is -2.41. The topological polar surface area (TPSA) is 80.4 Å². The Hall–Kier alpha value is -2.90. The highest BCUT2D eigenvalue weighted by molar-refractivity contribution is 6.30. The zero-order valence-corrected chi connectivity index (χ0v) is 18.1. The summed E-state index contributed by atoms with van der Waals surface area (Å²) < 4.78 is 7.20. The Labute approximate surface area is 185 Å². The molecule has 0 unspecified atom stereocenters. The van der Waals surface area contributed by atoms with Crippen LogP contribution in [0.2, 0.25) is 5.02 Å². The molecule has 1 aliphatic heterocycles. The van der Waals surface area contributed by atoms with Gasteiger partial charge in [0.25, 0.3) is 5.91 Å². The third-order valence-electron chi connectivity index (χ3n) is 5.55. The largest absolute Gasteiger partial charge is 0.468 e. The quantitative estimate of drug-likeness (QED) is 0.631. The lowest BCUT2D eigenvalue weighted by atomic mass is 10.1. The van der Waals surface area contributed by atoms with E-state index in [1.165, 1.54) is 12.5 Å². The third-order valence-corrected chi connectivity index (χ3v) is 5.80. The van der Waals surface area contributed by atoms with Gasteiger partial charge in [-0.15, -0.1) is 0 Å². The first-order valence-electron chi connectivity index (χ1n) is 10.5. The van der Waals surface area contributed by atoms with Gasteiger partial charge in [0.05, 0.1) is 18.0 Å². The van der Waals surface area contributed by atoms with Crippen LogP contribution >= 0.6 is 11.6 Å². The average molecular weight is 441 g/mol. The van der Waals surface area contributed by atoms with Crippen LogP contribution in [0.25, 0.3) is 5.69 Å². The smallest absolute Gasteiger partial charge is 0.275 e. The molecule has 3 aromatic rings. The summed E-state index contributed by atoms with van der Waals surface area (Å²) in [6.45, 7) is 4.01. The van der Waals surface area contributed by atoms with Gasteiger partial charge in [-0.3, -0.25) is 14.5 Å². The second-order valence-electron chi connectivity index (χ2n) is 7.72. The van der Waals surface area contributed by atoms with Crippen molar-refractivity contribution in [3.8, 4) is 5.69 Å². The van der Waals surface area contributed by atoms with Gasteiger partial charge in [0.15, 0.2) is 5.69 Å². The highest BCUT2D eigenvalue weighted by atomic mass is 35.5. The van der Waals surface area contributed by atoms with Crippen molar-refractivity contribution in [2.45, 2.75) is 32.2 Å². The second-order valence-corrected chi connectivity index (χ2v) is 8.16. The van der Waals surface area contributed by atoms with Crippen molar-refractivity contribution in [3.63, 3.8) is 0 Å². The van der Waals surface area contributed by atoms with E-state index in [9.17, 15) is 9.59 Å². The van der Waals surface area contributed by atoms with Gasteiger partial charge in [0.2, 0.25) is 5.43 Å². The summed E-state index contributed by atoms with van der Waals surface area (Å²) in [5.74, 6) is 0.305. The number of rotatable bonds is 6. The fourth-order valence-corrected chi connectivity index (χ4v) is 4.07. The van der Waals surface area contributed by atoms with Crippen molar-refractivity contribution in [1.29, 1.82) is 0 Å². The van der Waals surface area contributed by atoms with Gasteiger partial charge in [-0.25, -0.2) is 4.68 Å². The minimum atomic E-state index is -0.499. The first-order chi connectivity index (χ1) is 15.0. The lowest BCUT2D eigenvalue weighted by Gasteiger charge is -2.33. The number of carbonyl (C=O) groups excluding carboxylic acids is 1. The first kappa shape index (κ1) is 21.3. The molecule has 7 nitrogen and oxygen atoms in total. The number of benzene rings is 1. The number of likely N-dealkylation sites (tertiary alicyclic amines) is 1. The summed E-state index contributed by atoms with van der Waals surface area (Å²) in [4.78, 5) is 27.7. The zero-order valence-electron chi connectivity index (χ0n) is 17.4. The molecule has 2 aromatic heterocycles. The van der Waals surface area contributed by atoms with Crippen molar-refractivity contribution in [2.24, 2.45) is 0 Å². The summed E-state index contributed by atoms with van der Waals surface area (Å²) in [5.41, 5.74) is 0.800. The number of carbonyl (C=O) groups is 1. The lowest BCUT2D eigenvalue weighted by molar-refractivity contribution is 0.0906. The Morgan fingerprint density at radius 1 is 1.19 bits per heavy atom. The van der Waals surface area contributed by atoms with E-state index in [0.29, 0.717) is 17.3 Å². The van der Waals surface area contributed by atoms with Gasteiger partial charge in [0, 0.05) is 23.3 Å². The molecule has 0 aliphatic carbocycles. The Balaban J connectivity index is 1.55. The number of amides is 1. The standard InChI is InChI=1S/C23H25ClN4O3/c1-16-14-20(29)22(26-28(16)18-9-7-17(24)8-10-18)23(30)25-15-19(21-6-5-13-31-21)27-11-3-2-4-12-27/h5-10,13-14,19H,2-4,11-12,15H2,1H3,(H,25,30)/t19-/m1/s1. The van der Waals surface area contributed by atoms with E-state index in [1.54, 1.807) is 42.1 Å². The highest BCUT2D eigenvalue weighted by Crippen LogP contribution is 2.24. The zero-order chi connectivity index (χ0) is 21.8. The van der Waals surface area contributed by atoms with E-state index >= 15 is 0 Å². The van der Waals surface area contributed by atoms with Crippen LogP contribution in [0.3, 0.4) is 0 Å². The molecule has 1 aliphatic rings. The van der Waals surface area contributed by atoms with E-state index in [2.05, 4.69) is 15.3 Å². The molecular weight excluding hydrogens is 416 g/mol. The van der Waals surface area contributed by atoms with E-state index in [-0.39, 0.29) is 11.7 Å². The van der Waals surface area contributed by atoms with Gasteiger partial charge < -0.3 is 9.73 Å². The van der Waals surface area contributed by atoms with E-state index in [0.717, 1.165) is 37.4 Å². The number of hydrogen-bond donors (Lipinski definition) is 1. The monoisotopic (exact) mass is 440 g/mol. The average Bonchev–Trinajstić information content (AvgIpc) is 3.30. The molecule has 1 fully saturated rings. The summed E-state index contributed by atoms with van der Waals surface area (Å²) in [7, 11) is 0. The fraction of sp³-hybridized carbons (Fsp3) is 0.348. The molecule has 1 saturated heterocycles. The predicted octanol–water partition coefficient (Wildman–Crippen LogP) is 3.74.